The third-order valence-corrected chi connectivity index (χ3v) is 6.19. The van der Waals surface area contributed by atoms with Gasteiger partial charge in [-0.15, -0.1) is 0 Å². The molecule has 6 heteroatoms. The van der Waals surface area contributed by atoms with Crippen LogP contribution in [0.3, 0.4) is 0 Å². The van der Waals surface area contributed by atoms with Gasteiger partial charge in [-0.2, -0.15) is 0 Å². The summed E-state index contributed by atoms with van der Waals surface area (Å²) in [5, 5.41) is 9.13. The molecule has 120 valence electrons. The zero-order valence-corrected chi connectivity index (χ0v) is 13.7. The Morgan fingerprint density at radius 1 is 1.22 bits per heavy atom. The van der Waals surface area contributed by atoms with Crippen molar-refractivity contribution in [2.75, 3.05) is 4.31 Å². The van der Waals surface area contributed by atoms with Gasteiger partial charge in [0, 0.05) is 6.04 Å². The van der Waals surface area contributed by atoms with Crippen LogP contribution < -0.4 is 4.31 Å². The maximum atomic E-state index is 13.1. The highest BCUT2D eigenvalue weighted by Gasteiger charge is 2.36. The molecule has 0 saturated heterocycles. The van der Waals surface area contributed by atoms with Crippen molar-refractivity contribution in [1.82, 2.24) is 0 Å². The first-order valence-electron chi connectivity index (χ1n) is 7.28. The van der Waals surface area contributed by atoms with Crippen LogP contribution in [0.4, 0.5) is 5.69 Å². The van der Waals surface area contributed by atoms with Crippen molar-refractivity contribution in [3.63, 3.8) is 0 Å². The minimum atomic E-state index is -3.82. The molecule has 0 aromatic heterocycles. The number of fused-ring (bicyclic) bond motifs is 1. The lowest BCUT2D eigenvalue weighted by Gasteiger charge is -2.25. The number of hydrogen-bond donors (Lipinski definition) is 1. The molecule has 1 N–H and O–H groups in total. The molecule has 0 bridgehead atoms. The molecular weight excluding hydrogens is 314 g/mol. The lowest BCUT2D eigenvalue weighted by atomic mass is 10.1. The zero-order chi connectivity index (χ0) is 16.8. The van der Waals surface area contributed by atoms with Gasteiger partial charge in [0.2, 0.25) is 0 Å². The number of carboxylic acid groups (broad SMARTS) is 1. The first-order valence-corrected chi connectivity index (χ1v) is 8.72. The van der Waals surface area contributed by atoms with Crippen LogP contribution in [-0.4, -0.2) is 25.5 Å². The van der Waals surface area contributed by atoms with Gasteiger partial charge in [-0.1, -0.05) is 24.3 Å². The van der Waals surface area contributed by atoms with Gasteiger partial charge in [0.05, 0.1) is 16.1 Å². The Labute approximate surface area is 135 Å². The van der Waals surface area contributed by atoms with Gasteiger partial charge in [0.15, 0.2) is 0 Å². The molecule has 0 fully saturated rings. The number of benzene rings is 2. The number of carbonyl (C=O) groups is 1. The molecule has 2 aromatic carbocycles. The second kappa shape index (κ2) is 5.38. The van der Waals surface area contributed by atoms with Crippen molar-refractivity contribution in [2.24, 2.45) is 0 Å². The molecule has 0 unspecified atom stereocenters. The number of para-hydroxylation sites is 1. The van der Waals surface area contributed by atoms with Crippen LogP contribution in [0.2, 0.25) is 0 Å². The number of anilines is 1. The van der Waals surface area contributed by atoms with E-state index in [1.807, 2.05) is 19.1 Å². The normalized spacial score (nSPS) is 17.1. The Hall–Kier alpha value is -2.34. The van der Waals surface area contributed by atoms with E-state index >= 15 is 0 Å². The number of rotatable bonds is 3. The van der Waals surface area contributed by atoms with E-state index in [2.05, 4.69) is 0 Å². The smallest absolute Gasteiger partial charge is 0.335 e. The lowest BCUT2D eigenvalue weighted by Crippen LogP contribution is -2.36. The van der Waals surface area contributed by atoms with Gasteiger partial charge >= 0.3 is 5.97 Å². The Kier molecular flexibility index (Phi) is 3.64. The van der Waals surface area contributed by atoms with Crippen LogP contribution in [0.1, 0.15) is 28.4 Å². The Balaban J connectivity index is 2.17. The molecule has 0 spiro atoms. The van der Waals surface area contributed by atoms with Crippen LogP contribution in [0.25, 0.3) is 0 Å². The fraction of sp³-hybridized carbons (Fsp3) is 0.235. The third kappa shape index (κ3) is 2.49. The molecule has 0 saturated carbocycles. The Bertz CT molecular complexity index is 889. The average molecular weight is 331 g/mol. The molecule has 1 atom stereocenters. The number of hydrogen-bond acceptors (Lipinski definition) is 3. The lowest BCUT2D eigenvalue weighted by molar-refractivity contribution is 0.0696. The highest BCUT2D eigenvalue weighted by molar-refractivity contribution is 7.93. The predicted octanol–water partition coefficient (Wildman–Crippen LogP) is 2.83. The second-order valence-corrected chi connectivity index (χ2v) is 7.55. The quantitative estimate of drug-likeness (QED) is 0.938. The summed E-state index contributed by atoms with van der Waals surface area (Å²) in [5.41, 5.74) is 2.15. The summed E-state index contributed by atoms with van der Waals surface area (Å²) in [6, 6.07) is 11.4. The molecule has 1 heterocycles. The maximum absolute atomic E-state index is 13.1. The van der Waals surface area contributed by atoms with Gasteiger partial charge in [0.1, 0.15) is 0 Å². The number of nitrogens with zero attached hydrogens (tertiary/aromatic N) is 1. The standard InChI is InChI=1S/C17H17NO4S/c1-11-7-8-14(17(19)20)10-16(11)23(21,22)18-12(2)9-13-5-3-4-6-15(13)18/h3-8,10,12H,9H2,1-2H3,(H,19,20)/t12-/m1/s1. The van der Waals surface area contributed by atoms with E-state index in [0.717, 1.165) is 5.56 Å². The van der Waals surface area contributed by atoms with Gasteiger partial charge in [0.25, 0.3) is 10.0 Å². The molecule has 1 aliphatic rings. The molecule has 23 heavy (non-hydrogen) atoms. The predicted molar refractivity (Wildman–Crippen MR) is 87.4 cm³/mol. The molecule has 0 aliphatic carbocycles. The summed E-state index contributed by atoms with van der Waals surface area (Å²) < 4.78 is 27.7. The van der Waals surface area contributed by atoms with Crippen LogP contribution >= 0.6 is 0 Å². The van der Waals surface area contributed by atoms with E-state index < -0.39 is 16.0 Å². The van der Waals surface area contributed by atoms with Crippen LogP contribution in [-0.2, 0) is 16.4 Å². The summed E-state index contributed by atoms with van der Waals surface area (Å²) in [6.07, 6.45) is 0.646. The fourth-order valence-electron chi connectivity index (χ4n) is 3.02. The summed E-state index contributed by atoms with van der Waals surface area (Å²) in [4.78, 5) is 11.2. The van der Waals surface area contributed by atoms with Gasteiger partial charge in [-0.25, -0.2) is 13.2 Å². The third-order valence-electron chi connectivity index (χ3n) is 4.12. The molecular formula is C17H17NO4S. The minimum absolute atomic E-state index is 0.0330. The molecule has 0 amide bonds. The van der Waals surface area contributed by atoms with Crippen molar-refractivity contribution < 1.29 is 18.3 Å². The largest absolute Gasteiger partial charge is 0.478 e. The molecule has 0 radical (unpaired) electrons. The van der Waals surface area contributed by atoms with Gasteiger partial charge in [-0.05, 0) is 49.6 Å². The first-order chi connectivity index (χ1) is 10.8. The van der Waals surface area contributed by atoms with Gasteiger partial charge < -0.3 is 5.11 Å². The average Bonchev–Trinajstić information content (AvgIpc) is 2.83. The minimum Gasteiger partial charge on any atom is -0.478 e. The SMILES string of the molecule is Cc1ccc(C(=O)O)cc1S(=O)(=O)N1c2ccccc2C[C@H]1C. The van der Waals surface area contributed by atoms with Crippen LogP contribution in [0.5, 0.6) is 0 Å². The van der Waals surface area contributed by atoms with Crippen molar-refractivity contribution >= 4 is 21.7 Å². The summed E-state index contributed by atoms with van der Waals surface area (Å²) in [7, 11) is -3.82. The van der Waals surface area contributed by atoms with Crippen molar-refractivity contribution in [3.05, 3.63) is 59.2 Å². The Morgan fingerprint density at radius 2 is 1.91 bits per heavy atom. The van der Waals surface area contributed by atoms with E-state index in [-0.39, 0.29) is 16.5 Å². The number of sulfonamides is 1. The highest BCUT2D eigenvalue weighted by atomic mass is 32.2. The summed E-state index contributed by atoms with van der Waals surface area (Å²) in [5.74, 6) is -1.14. The molecule has 2 aromatic rings. The molecule has 3 rings (SSSR count). The topological polar surface area (TPSA) is 74.7 Å². The first kappa shape index (κ1) is 15.6. The number of aryl methyl sites for hydroxylation is 1. The van der Waals surface area contributed by atoms with Crippen molar-refractivity contribution in [1.29, 1.82) is 0 Å². The van der Waals surface area contributed by atoms with Crippen LogP contribution in [0, 0.1) is 6.92 Å². The van der Waals surface area contributed by atoms with E-state index in [4.69, 9.17) is 5.11 Å². The maximum Gasteiger partial charge on any atom is 0.335 e. The summed E-state index contributed by atoms with van der Waals surface area (Å²) in [6.45, 7) is 3.53. The zero-order valence-electron chi connectivity index (χ0n) is 12.9. The number of aromatic carboxylic acids is 1. The van der Waals surface area contributed by atoms with Crippen molar-refractivity contribution in [2.45, 2.75) is 31.2 Å². The van der Waals surface area contributed by atoms with E-state index in [0.29, 0.717) is 17.7 Å². The van der Waals surface area contributed by atoms with E-state index in [1.165, 1.54) is 22.5 Å². The monoisotopic (exact) mass is 331 g/mol. The number of carboxylic acids is 1. The molecule has 1 aliphatic heterocycles. The van der Waals surface area contributed by atoms with E-state index in [1.54, 1.807) is 19.1 Å². The van der Waals surface area contributed by atoms with Crippen LogP contribution in [0.15, 0.2) is 47.4 Å². The second-order valence-electron chi connectivity index (χ2n) is 5.77. The van der Waals surface area contributed by atoms with Gasteiger partial charge in [-0.3, -0.25) is 4.31 Å². The fourth-order valence-corrected chi connectivity index (χ4v) is 4.97. The molecule has 5 nitrogen and oxygen atoms in total. The van der Waals surface area contributed by atoms with Crippen molar-refractivity contribution in [3.8, 4) is 0 Å². The van der Waals surface area contributed by atoms with E-state index in [9.17, 15) is 13.2 Å². The highest BCUT2D eigenvalue weighted by Crippen LogP contribution is 2.37. The Morgan fingerprint density at radius 3 is 2.61 bits per heavy atom. The summed E-state index contributed by atoms with van der Waals surface area (Å²) >= 11 is 0.